The lowest BCUT2D eigenvalue weighted by atomic mass is 10.8. The second-order valence-corrected chi connectivity index (χ2v) is 1.55. The highest BCUT2D eigenvalue weighted by Gasteiger charge is 1.62. The van der Waals surface area contributed by atoms with E-state index < -0.39 is 0 Å². The molecule has 0 aromatic carbocycles. The fourth-order valence-corrected chi connectivity index (χ4v) is 0. The Kier molecular flexibility index (Phi) is 12.7. The molecule has 0 radical (unpaired) electrons. The average Bonchev–Trinajstić information content (AvgIpc) is 1.69. The summed E-state index contributed by atoms with van der Waals surface area (Å²) in [5, 5.41) is 0. The Balaban J connectivity index is 0. The van der Waals surface area contributed by atoms with Crippen LogP contribution in [-0.4, -0.2) is 25.5 Å². The van der Waals surface area contributed by atoms with Crippen molar-refractivity contribution in [2.75, 3.05) is 20.6 Å². The maximum atomic E-state index is 4.85. The van der Waals surface area contributed by atoms with Gasteiger partial charge in [-0.05, 0) is 12.7 Å². The van der Waals surface area contributed by atoms with Crippen molar-refractivity contribution in [1.29, 1.82) is 0 Å². The average molecular weight is 116 g/mol. The summed E-state index contributed by atoms with van der Waals surface area (Å²) in [5.74, 6) is 0. The first-order valence-electron chi connectivity index (χ1n) is 2.68. The van der Waals surface area contributed by atoms with E-state index >= 15 is 0 Å². The number of nitrogens with two attached hydrogens (primary N) is 1. The molecule has 2 heteroatoms. The van der Waals surface area contributed by atoms with Crippen molar-refractivity contribution in [3.63, 3.8) is 0 Å². The number of hydrogen-bond donors (Lipinski definition) is 1. The monoisotopic (exact) mass is 116 g/mol. The predicted octanol–water partition coefficient (Wildman–Crippen LogP) is 0.656. The molecule has 0 atom stereocenters. The minimum atomic E-state index is 0.750. The molecule has 0 rings (SSSR count). The van der Waals surface area contributed by atoms with E-state index in [9.17, 15) is 0 Å². The molecule has 0 aliphatic carbocycles. The van der Waals surface area contributed by atoms with Gasteiger partial charge < -0.3 is 10.6 Å². The molecular weight excluding hydrogens is 100 g/mol. The van der Waals surface area contributed by atoms with E-state index in [-0.39, 0.29) is 0 Å². The summed E-state index contributed by atoms with van der Waals surface area (Å²) in [6.45, 7) is 6.14. The lowest BCUT2D eigenvalue weighted by molar-refractivity contribution is 0.566. The van der Waals surface area contributed by atoms with E-state index in [4.69, 9.17) is 5.73 Å². The highest BCUT2D eigenvalue weighted by atomic mass is 15.0. The number of rotatable bonds is 1. The summed E-state index contributed by atoms with van der Waals surface area (Å²) in [5.41, 5.74) is 4.85. The molecule has 0 spiro atoms. The fourth-order valence-electron chi connectivity index (χ4n) is 0. The van der Waals surface area contributed by atoms with Crippen LogP contribution in [0.15, 0.2) is 12.8 Å². The van der Waals surface area contributed by atoms with Gasteiger partial charge in [0.15, 0.2) is 0 Å². The van der Waals surface area contributed by atoms with Crippen LogP contribution < -0.4 is 5.73 Å². The molecule has 2 nitrogen and oxygen atoms in total. The first kappa shape index (κ1) is 10.5. The lowest BCUT2D eigenvalue weighted by Gasteiger charge is -1.98. The summed E-state index contributed by atoms with van der Waals surface area (Å²) in [6.07, 6.45) is 1.75. The van der Waals surface area contributed by atoms with Gasteiger partial charge in [-0.3, -0.25) is 0 Å². The van der Waals surface area contributed by atoms with Crippen molar-refractivity contribution in [2.45, 2.75) is 6.92 Å². The zero-order valence-corrected chi connectivity index (χ0v) is 6.02. The van der Waals surface area contributed by atoms with E-state index in [1.807, 2.05) is 25.9 Å². The molecule has 0 saturated heterocycles. The van der Waals surface area contributed by atoms with Crippen molar-refractivity contribution < 1.29 is 0 Å². The molecule has 0 amide bonds. The van der Waals surface area contributed by atoms with Gasteiger partial charge in [0.1, 0.15) is 0 Å². The summed E-state index contributed by atoms with van der Waals surface area (Å²) >= 11 is 0. The van der Waals surface area contributed by atoms with E-state index in [0.717, 1.165) is 6.54 Å². The molecular formula is C6H16N2. The highest BCUT2D eigenvalue weighted by molar-refractivity contribution is 4.59. The normalized spacial score (nSPS) is 6.50. The molecule has 8 heavy (non-hydrogen) atoms. The molecule has 0 heterocycles. The zero-order chi connectivity index (χ0) is 6.99. The van der Waals surface area contributed by atoms with Gasteiger partial charge in [-0.15, -0.1) is 0 Å². The summed E-state index contributed by atoms with van der Waals surface area (Å²) < 4.78 is 0. The van der Waals surface area contributed by atoms with Crippen molar-refractivity contribution >= 4 is 0 Å². The Hall–Kier alpha value is -0.500. The van der Waals surface area contributed by atoms with Crippen molar-refractivity contribution in [2.24, 2.45) is 5.73 Å². The topological polar surface area (TPSA) is 29.3 Å². The third-order valence-electron chi connectivity index (χ3n) is 0.365. The van der Waals surface area contributed by atoms with E-state index in [2.05, 4.69) is 6.58 Å². The van der Waals surface area contributed by atoms with Gasteiger partial charge >= 0.3 is 0 Å². The van der Waals surface area contributed by atoms with Crippen LogP contribution in [0, 0.1) is 0 Å². The smallest absolute Gasteiger partial charge is 0.00554 e. The molecule has 0 unspecified atom stereocenters. The van der Waals surface area contributed by atoms with E-state index in [1.165, 1.54) is 0 Å². The Bertz CT molecular complexity index is 41.8. The van der Waals surface area contributed by atoms with Crippen LogP contribution >= 0.6 is 0 Å². The quantitative estimate of drug-likeness (QED) is 0.545. The third-order valence-corrected chi connectivity index (χ3v) is 0.365. The van der Waals surface area contributed by atoms with Crippen LogP contribution in [0.1, 0.15) is 6.92 Å². The molecule has 0 aromatic heterocycles. The molecule has 0 saturated carbocycles. The van der Waals surface area contributed by atoms with Crippen LogP contribution in [0.5, 0.6) is 0 Å². The van der Waals surface area contributed by atoms with Gasteiger partial charge in [-0.2, -0.15) is 0 Å². The van der Waals surface area contributed by atoms with Gasteiger partial charge in [0, 0.05) is 14.1 Å². The number of nitrogens with zero attached hydrogens (tertiary/aromatic N) is 1. The van der Waals surface area contributed by atoms with Crippen molar-refractivity contribution in [1.82, 2.24) is 4.90 Å². The Labute approximate surface area is 52.0 Å². The zero-order valence-electron chi connectivity index (χ0n) is 6.02. The van der Waals surface area contributed by atoms with E-state index in [0.29, 0.717) is 0 Å². The van der Waals surface area contributed by atoms with Crippen LogP contribution in [0.2, 0.25) is 0 Å². The SMILES string of the molecule is C=CN(C)C.CCN. The van der Waals surface area contributed by atoms with Crippen LogP contribution in [0.3, 0.4) is 0 Å². The summed E-state index contributed by atoms with van der Waals surface area (Å²) in [6, 6.07) is 0. The van der Waals surface area contributed by atoms with Crippen molar-refractivity contribution in [3.05, 3.63) is 12.8 Å². The minimum Gasteiger partial charge on any atom is -0.384 e. The fraction of sp³-hybridized carbons (Fsp3) is 0.667. The molecule has 0 bridgehead atoms. The molecule has 50 valence electrons. The second-order valence-electron chi connectivity index (χ2n) is 1.55. The van der Waals surface area contributed by atoms with Crippen LogP contribution in [-0.2, 0) is 0 Å². The second kappa shape index (κ2) is 9.71. The molecule has 0 aliphatic rings. The standard InChI is InChI=1S/C4H9N.C2H7N/c1-4-5(2)3;1-2-3/h4H,1H2,2-3H3;2-3H2,1H3. The molecule has 0 fully saturated rings. The van der Waals surface area contributed by atoms with Gasteiger partial charge in [-0.25, -0.2) is 0 Å². The Morgan fingerprint density at radius 1 is 1.62 bits per heavy atom. The van der Waals surface area contributed by atoms with Crippen LogP contribution in [0.4, 0.5) is 0 Å². The summed E-state index contributed by atoms with van der Waals surface area (Å²) in [7, 11) is 3.88. The first-order chi connectivity index (χ1) is 3.68. The first-order valence-corrected chi connectivity index (χ1v) is 2.68. The maximum absolute atomic E-state index is 4.85. The van der Waals surface area contributed by atoms with E-state index in [1.54, 1.807) is 6.20 Å². The Morgan fingerprint density at radius 3 is 1.75 bits per heavy atom. The largest absolute Gasteiger partial charge is 0.384 e. The van der Waals surface area contributed by atoms with Gasteiger partial charge in [0.2, 0.25) is 0 Å². The maximum Gasteiger partial charge on any atom is 0.00554 e. The van der Waals surface area contributed by atoms with Gasteiger partial charge in [0.25, 0.3) is 0 Å². The lowest BCUT2D eigenvalue weighted by Crippen LogP contribution is -1.97. The van der Waals surface area contributed by atoms with Crippen LogP contribution in [0.25, 0.3) is 0 Å². The highest BCUT2D eigenvalue weighted by Crippen LogP contribution is 1.64. The predicted molar refractivity (Wildman–Crippen MR) is 38.6 cm³/mol. The van der Waals surface area contributed by atoms with Crippen molar-refractivity contribution in [3.8, 4) is 0 Å². The molecule has 2 N–H and O–H groups in total. The summed E-state index contributed by atoms with van der Waals surface area (Å²) in [4.78, 5) is 1.89. The van der Waals surface area contributed by atoms with Gasteiger partial charge in [-0.1, -0.05) is 13.5 Å². The molecule has 0 aliphatic heterocycles. The number of hydrogen-bond acceptors (Lipinski definition) is 2. The van der Waals surface area contributed by atoms with Gasteiger partial charge in [0.05, 0.1) is 0 Å². The third kappa shape index (κ3) is 49.5. The Morgan fingerprint density at radius 2 is 1.75 bits per heavy atom. The minimum absolute atomic E-state index is 0.750. The molecule has 0 aromatic rings.